The third-order valence-electron chi connectivity index (χ3n) is 5.75. The molecule has 0 aromatic heterocycles. The van der Waals surface area contributed by atoms with Crippen molar-refractivity contribution in [2.75, 3.05) is 20.6 Å². The van der Waals surface area contributed by atoms with E-state index in [-0.39, 0.29) is 11.8 Å². The van der Waals surface area contributed by atoms with Crippen LogP contribution in [0, 0.1) is 6.92 Å². The number of likely N-dealkylation sites (N-methyl/N-ethyl adjacent to an activating group) is 2. The van der Waals surface area contributed by atoms with Gasteiger partial charge in [-0.25, -0.2) is 0 Å². The summed E-state index contributed by atoms with van der Waals surface area (Å²) < 4.78 is 5.82. The first-order chi connectivity index (χ1) is 14.6. The van der Waals surface area contributed by atoms with Gasteiger partial charge in [-0.05, 0) is 43.7 Å². The van der Waals surface area contributed by atoms with Gasteiger partial charge in [0.05, 0.1) is 5.92 Å². The second-order valence-corrected chi connectivity index (χ2v) is 7.98. The molecule has 1 N–H and O–H groups in total. The Morgan fingerprint density at radius 1 is 0.967 bits per heavy atom. The highest BCUT2D eigenvalue weighted by Gasteiger charge is 2.31. The standard InChI is InChI=1S/C15H13NO2.C11H15N/c1-16-15(17)14-10-6-2-4-8-12(10)18-13-9-5-3-7-11(13)14;1-9-3-4-11-8-12(2)6-5-10(11)7-9/h2-9,14H,1H3,(H,16,17);3-4,7H,5-6,8H2,1-2H3. The van der Waals surface area contributed by atoms with Crippen LogP contribution in [0.2, 0.25) is 0 Å². The summed E-state index contributed by atoms with van der Waals surface area (Å²) >= 11 is 0. The number of benzene rings is 3. The van der Waals surface area contributed by atoms with Crippen LogP contribution < -0.4 is 10.1 Å². The van der Waals surface area contributed by atoms with Gasteiger partial charge in [0, 0.05) is 31.3 Å². The average molecular weight is 401 g/mol. The molecule has 3 aromatic rings. The van der Waals surface area contributed by atoms with Crippen molar-refractivity contribution in [1.82, 2.24) is 10.2 Å². The molecule has 0 atom stereocenters. The molecule has 30 heavy (non-hydrogen) atoms. The number of carbonyl (C=O) groups excluding carboxylic acids is 1. The molecule has 2 aliphatic heterocycles. The van der Waals surface area contributed by atoms with Crippen molar-refractivity contribution in [1.29, 1.82) is 0 Å². The van der Waals surface area contributed by atoms with Gasteiger partial charge in [-0.2, -0.15) is 0 Å². The summed E-state index contributed by atoms with van der Waals surface area (Å²) in [5, 5.41) is 2.72. The molecule has 154 valence electrons. The lowest BCUT2D eigenvalue weighted by Gasteiger charge is -2.26. The van der Waals surface area contributed by atoms with Crippen LogP contribution in [0.5, 0.6) is 11.5 Å². The summed E-state index contributed by atoms with van der Waals surface area (Å²) in [6.07, 6.45) is 1.22. The minimum absolute atomic E-state index is 0.0156. The van der Waals surface area contributed by atoms with Gasteiger partial charge in [0.25, 0.3) is 0 Å². The van der Waals surface area contributed by atoms with Crippen LogP contribution in [0.1, 0.15) is 33.7 Å². The number of ether oxygens (including phenoxy) is 1. The molecule has 2 heterocycles. The minimum atomic E-state index is -0.295. The number of fused-ring (bicyclic) bond motifs is 3. The van der Waals surface area contributed by atoms with Crippen LogP contribution >= 0.6 is 0 Å². The molecule has 0 bridgehead atoms. The SMILES string of the molecule is CNC(=O)C1c2ccccc2Oc2ccccc21.Cc1ccc2c(c1)CCN(C)C2. The molecule has 3 aromatic carbocycles. The zero-order valence-corrected chi connectivity index (χ0v) is 17.8. The van der Waals surface area contributed by atoms with E-state index in [0.29, 0.717) is 0 Å². The number of hydrogen-bond donors (Lipinski definition) is 1. The third-order valence-corrected chi connectivity index (χ3v) is 5.75. The summed E-state index contributed by atoms with van der Waals surface area (Å²) in [5.41, 5.74) is 6.27. The fraction of sp³-hybridized carbons (Fsp3) is 0.269. The van der Waals surface area contributed by atoms with E-state index < -0.39 is 0 Å². The molecule has 0 fully saturated rings. The van der Waals surface area contributed by atoms with E-state index in [2.05, 4.69) is 42.4 Å². The zero-order chi connectivity index (χ0) is 21.1. The van der Waals surface area contributed by atoms with E-state index in [4.69, 9.17) is 4.74 Å². The largest absolute Gasteiger partial charge is 0.457 e. The van der Waals surface area contributed by atoms with Crippen LogP contribution in [0.3, 0.4) is 0 Å². The molecule has 0 radical (unpaired) electrons. The molecular formula is C26H28N2O2. The maximum absolute atomic E-state index is 12.1. The maximum Gasteiger partial charge on any atom is 0.232 e. The van der Waals surface area contributed by atoms with E-state index in [1.807, 2.05) is 48.5 Å². The number of para-hydroxylation sites is 2. The van der Waals surface area contributed by atoms with E-state index in [9.17, 15) is 4.79 Å². The van der Waals surface area contributed by atoms with Crippen LogP contribution in [0.15, 0.2) is 66.7 Å². The predicted octanol–water partition coefficient (Wildman–Crippen LogP) is 4.65. The Morgan fingerprint density at radius 3 is 2.23 bits per heavy atom. The van der Waals surface area contributed by atoms with Crippen molar-refractivity contribution in [2.45, 2.75) is 25.8 Å². The normalized spacial score (nSPS) is 14.9. The van der Waals surface area contributed by atoms with Gasteiger partial charge in [0.15, 0.2) is 0 Å². The van der Waals surface area contributed by atoms with Crippen molar-refractivity contribution >= 4 is 5.91 Å². The van der Waals surface area contributed by atoms with Gasteiger partial charge < -0.3 is 15.0 Å². The van der Waals surface area contributed by atoms with Gasteiger partial charge >= 0.3 is 0 Å². The molecule has 0 aliphatic carbocycles. The van der Waals surface area contributed by atoms with Crippen molar-refractivity contribution < 1.29 is 9.53 Å². The Bertz CT molecular complexity index is 1010. The first-order valence-electron chi connectivity index (χ1n) is 10.4. The zero-order valence-electron chi connectivity index (χ0n) is 17.8. The van der Waals surface area contributed by atoms with Crippen molar-refractivity contribution in [3.8, 4) is 11.5 Å². The molecule has 1 amide bonds. The van der Waals surface area contributed by atoms with Crippen molar-refractivity contribution in [2.24, 2.45) is 0 Å². The highest BCUT2D eigenvalue weighted by Crippen LogP contribution is 2.43. The molecule has 0 unspecified atom stereocenters. The molecule has 0 saturated heterocycles. The van der Waals surface area contributed by atoms with E-state index >= 15 is 0 Å². The lowest BCUT2D eigenvalue weighted by Crippen LogP contribution is -2.28. The van der Waals surface area contributed by atoms with E-state index in [1.165, 1.54) is 24.1 Å². The Kier molecular flexibility index (Phi) is 5.86. The first-order valence-corrected chi connectivity index (χ1v) is 10.4. The van der Waals surface area contributed by atoms with Crippen LogP contribution in [-0.2, 0) is 17.8 Å². The van der Waals surface area contributed by atoms with Crippen molar-refractivity contribution in [3.05, 3.63) is 94.5 Å². The smallest absolute Gasteiger partial charge is 0.232 e. The Morgan fingerprint density at radius 2 is 1.60 bits per heavy atom. The van der Waals surface area contributed by atoms with Gasteiger partial charge in [0.1, 0.15) is 11.5 Å². The Labute approximate surface area is 178 Å². The number of hydrogen-bond acceptors (Lipinski definition) is 3. The van der Waals surface area contributed by atoms with Crippen LogP contribution in [-0.4, -0.2) is 31.4 Å². The topological polar surface area (TPSA) is 41.6 Å². The summed E-state index contributed by atoms with van der Waals surface area (Å²) in [6, 6.07) is 22.1. The quantitative estimate of drug-likeness (QED) is 0.646. The lowest BCUT2D eigenvalue weighted by molar-refractivity contribution is -0.121. The van der Waals surface area contributed by atoms with Gasteiger partial charge in [-0.1, -0.05) is 60.2 Å². The van der Waals surface area contributed by atoms with Crippen LogP contribution in [0.25, 0.3) is 0 Å². The molecule has 4 heteroatoms. The average Bonchev–Trinajstić information content (AvgIpc) is 2.77. The third kappa shape index (κ3) is 4.10. The Hall–Kier alpha value is -3.11. The van der Waals surface area contributed by atoms with E-state index in [0.717, 1.165) is 29.2 Å². The summed E-state index contributed by atoms with van der Waals surface area (Å²) in [6.45, 7) is 4.49. The maximum atomic E-state index is 12.1. The van der Waals surface area contributed by atoms with Gasteiger partial charge in [0.2, 0.25) is 5.91 Å². The molecule has 5 rings (SSSR count). The second-order valence-electron chi connectivity index (χ2n) is 7.98. The number of nitrogens with one attached hydrogen (secondary N) is 1. The minimum Gasteiger partial charge on any atom is -0.457 e. The highest BCUT2D eigenvalue weighted by molar-refractivity contribution is 5.89. The monoisotopic (exact) mass is 400 g/mol. The summed E-state index contributed by atoms with van der Waals surface area (Å²) in [7, 11) is 3.84. The molecule has 0 spiro atoms. The molecule has 2 aliphatic rings. The van der Waals surface area contributed by atoms with Crippen molar-refractivity contribution in [3.63, 3.8) is 0 Å². The molecular weight excluding hydrogens is 372 g/mol. The number of amides is 1. The van der Waals surface area contributed by atoms with Gasteiger partial charge in [-0.3, -0.25) is 4.79 Å². The fourth-order valence-corrected chi connectivity index (χ4v) is 4.16. The lowest BCUT2D eigenvalue weighted by atomic mass is 9.87. The number of nitrogens with zero attached hydrogens (tertiary/aromatic N) is 1. The second kappa shape index (κ2) is 8.72. The predicted molar refractivity (Wildman–Crippen MR) is 120 cm³/mol. The molecule has 0 saturated carbocycles. The summed E-state index contributed by atoms with van der Waals surface area (Å²) in [5.74, 6) is 1.20. The first kappa shape index (κ1) is 20.2. The molecule has 4 nitrogen and oxygen atoms in total. The highest BCUT2D eigenvalue weighted by atomic mass is 16.5. The fourth-order valence-electron chi connectivity index (χ4n) is 4.16. The van der Waals surface area contributed by atoms with E-state index in [1.54, 1.807) is 12.6 Å². The number of aryl methyl sites for hydroxylation is 1. The van der Waals surface area contributed by atoms with Gasteiger partial charge in [-0.15, -0.1) is 0 Å². The number of rotatable bonds is 1. The number of carbonyl (C=O) groups is 1. The van der Waals surface area contributed by atoms with Crippen LogP contribution in [0.4, 0.5) is 0 Å². The Balaban J connectivity index is 0.000000158. The summed E-state index contributed by atoms with van der Waals surface area (Å²) in [4.78, 5) is 14.5.